The van der Waals surface area contributed by atoms with Crippen LogP contribution in [0.5, 0.6) is 0 Å². The standard InChI is InChI=1S/C79H98O7/c1-52(20-17-23-53-21-7-4-8-22-53)29-32-64(80)79-65(81)35-43-73(3,70(79)63-49-72(2,78(79,84)45-33-54-46-66(82)85-50-54)36-19-41-74(71(83)86-63)37-12-6-13-38-74)57-34-44-77-51-75(39-15-16-40-75)62-48-76(56-25-9-5-10-26-56)42-14-11-28-60(76)59-31-30-55-24-18-27-58(61(77)47-57)67(55)68(59)69(62)77/h4-5,7-10,18,21-22,24-27,30-31,46,52,57,60-65,69-70,80-81,84H,6,11-17,20,23,28-29,32-35,37-45,47-51H2,1-3H3. The van der Waals surface area contributed by atoms with Crippen molar-refractivity contribution in [3.63, 3.8) is 0 Å². The summed E-state index contributed by atoms with van der Waals surface area (Å²) in [6.45, 7) is 7.02. The molecule has 2 aliphatic heterocycles. The number of cyclic esters (lactones) is 1. The first-order chi connectivity index (χ1) is 41.6. The molecule has 9 aliphatic carbocycles. The van der Waals surface area contributed by atoms with Gasteiger partial charge in [-0.15, -0.1) is 5.92 Å². The zero-order chi connectivity index (χ0) is 58.9. The summed E-state index contributed by atoms with van der Waals surface area (Å²) in [5.74, 6) is 8.58. The highest BCUT2D eigenvalue weighted by Crippen LogP contribution is 2.81. The van der Waals surface area contributed by atoms with E-state index < -0.39 is 51.5 Å². The first-order valence-corrected chi connectivity index (χ1v) is 34.9. The van der Waals surface area contributed by atoms with Gasteiger partial charge in [0, 0.05) is 30.3 Å². The van der Waals surface area contributed by atoms with Gasteiger partial charge >= 0.3 is 11.9 Å². The van der Waals surface area contributed by atoms with Gasteiger partial charge in [0.25, 0.3) is 0 Å². The van der Waals surface area contributed by atoms with E-state index in [-0.39, 0.29) is 47.6 Å². The van der Waals surface area contributed by atoms with Crippen molar-refractivity contribution in [2.75, 3.05) is 6.61 Å². The van der Waals surface area contributed by atoms with Crippen LogP contribution in [0.25, 0.3) is 10.8 Å². The van der Waals surface area contributed by atoms with Gasteiger partial charge in [-0.2, -0.15) is 0 Å². The Hall–Kier alpha value is -4.74. The molecule has 15 rings (SSSR count). The maximum absolute atomic E-state index is 15.7. The quantitative estimate of drug-likeness (QED) is 0.0903. The van der Waals surface area contributed by atoms with E-state index in [1.54, 1.807) is 33.7 Å². The van der Waals surface area contributed by atoms with Gasteiger partial charge in [0.1, 0.15) is 12.7 Å². The Labute approximate surface area is 513 Å². The Morgan fingerprint density at radius 3 is 2.28 bits per heavy atom. The van der Waals surface area contributed by atoms with Crippen molar-refractivity contribution >= 4 is 22.7 Å². The molecule has 3 spiro atoms. The summed E-state index contributed by atoms with van der Waals surface area (Å²) in [6.07, 6.45) is 25.7. The Bertz CT molecular complexity index is 3340. The van der Waals surface area contributed by atoms with Crippen LogP contribution in [0.2, 0.25) is 0 Å². The lowest BCUT2D eigenvalue weighted by Crippen LogP contribution is -2.79. The fourth-order valence-corrected chi connectivity index (χ4v) is 24.2. The van der Waals surface area contributed by atoms with Crippen molar-refractivity contribution in [2.45, 2.75) is 254 Å². The van der Waals surface area contributed by atoms with Gasteiger partial charge < -0.3 is 24.8 Å². The van der Waals surface area contributed by atoms with Crippen LogP contribution in [0.15, 0.2) is 103 Å². The molecule has 16 atom stereocenters. The SMILES string of the molecule is CC(CCCc1ccccc1)CCC(O)C12C(O)CCC(C)(C3CCC45CC6(CCCC6)C6CC7(c8ccccc8)CCCCC7c7ccc8cccc(c8c7C64)C5C3)C1C1CC(C)(C#CCC3(CCCCC3)C(=O)O1)C2(O)CCC1=CC(=O)OC1. The Balaban J connectivity index is 0.876. The molecule has 456 valence electrons. The van der Waals surface area contributed by atoms with E-state index in [4.69, 9.17) is 9.47 Å². The minimum absolute atomic E-state index is 0.0833. The fourth-order valence-electron chi connectivity index (χ4n) is 24.2. The molecular formula is C79H98O7. The van der Waals surface area contributed by atoms with Gasteiger partial charge in [-0.05, 0) is 225 Å². The zero-order valence-corrected chi connectivity index (χ0v) is 52.2. The fraction of sp³-hybridized carbons (Fsp3) is 0.646. The lowest BCUT2D eigenvalue weighted by molar-refractivity contribution is -0.340. The van der Waals surface area contributed by atoms with Gasteiger partial charge in [0.2, 0.25) is 0 Å². The van der Waals surface area contributed by atoms with Crippen LogP contribution in [0, 0.1) is 68.0 Å². The number of carbonyl (C=O) groups excluding carboxylic acids is 2. The molecule has 2 heterocycles. The summed E-state index contributed by atoms with van der Waals surface area (Å²) in [5.41, 5.74) is 3.39. The molecule has 4 aromatic rings. The van der Waals surface area contributed by atoms with Gasteiger partial charge in [0.15, 0.2) is 0 Å². The van der Waals surface area contributed by atoms with E-state index in [0.29, 0.717) is 67.6 Å². The third kappa shape index (κ3) is 8.48. The number of ether oxygens (including phenoxy) is 2. The molecule has 11 aliphatic rings. The van der Waals surface area contributed by atoms with Gasteiger partial charge in [0.05, 0.1) is 34.1 Å². The Kier molecular flexibility index (Phi) is 14.4. The summed E-state index contributed by atoms with van der Waals surface area (Å²) in [4.78, 5) is 28.4. The molecule has 2 bridgehead atoms. The lowest BCUT2D eigenvalue weighted by atomic mass is 9.34. The maximum atomic E-state index is 15.7. The first kappa shape index (κ1) is 57.7. The van der Waals surface area contributed by atoms with Crippen molar-refractivity contribution in [1.82, 2.24) is 0 Å². The molecule has 86 heavy (non-hydrogen) atoms. The number of hydrogen-bond donors (Lipinski definition) is 3. The minimum Gasteiger partial charge on any atom is -0.462 e. The highest BCUT2D eigenvalue weighted by molar-refractivity contribution is 5.93. The lowest BCUT2D eigenvalue weighted by Gasteiger charge is -2.72. The first-order valence-electron chi connectivity index (χ1n) is 34.9. The smallest absolute Gasteiger partial charge is 0.331 e. The maximum Gasteiger partial charge on any atom is 0.331 e. The Morgan fingerprint density at radius 2 is 1.50 bits per heavy atom. The van der Waals surface area contributed by atoms with E-state index in [1.807, 2.05) is 0 Å². The number of rotatable bonds is 13. The molecule has 0 radical (unpaired) electrons. The van der Waals surface area contributed by atoms with Crippen LogP contribution < -0.4 is 0 Å². The predicted molar refractivity (Wildman–Crippen MR) is 339 cm³/mol. The summed E-state index contributed by atoms with van der Waals surface area (Å²) in [5, 5.41) is 45.8. The van der Waals surface area contributed by atoms with Crippen LogP contribution in [0.3, 0.4) is 0 Å². The molecule has 16 unspecified atom stereocenters. The topological polar surface area (TPSA) is 113 Å². The number of aryl methyl sites for hydroxylation is 1. The molecule has 7 heteroatoms. The number of aliphatic hydroxyl groups excluding tert-OH is 2. The summed E-state index contributed by atoms with van der Waals surface area (Å²) >= 11 is 0. The van der Waals surface area contributed by atoms with E-state index in [0.717, 1.165) is 82.6 Å². The van der Waals surface area contributed by atoms with Crippen molar-refractivity contribution in [2.24, 2.45) is 56.2 Å². The van der Waals surface area contributed by atoms with Crippen LogP contribution in [0.4, 0.5) is 0 Å². The third-order valence-electron chi connectivity index (χ3n) is 28.0. The van der Waals surface area contributed by atoms with E-state index >= 15 is 4.79 Å². The predicted octanol–water partition coefficient (Wildman–Crippen LogP) is 16.6. The zero-order valence-electron chi connectivity index (χ0n) is 52.2. The highest BCUT2D eigenvalue weighted by Gasteiger charge is 2.79. The summed E-state index contributed by atoms with van der Waals surface area (Å²) in [6, 6.07) is 35.1. The molecule has 0 saturated heterocycles. The second kappa shape index (κ2) is 21.5. The number of esters is 2. The molecular weight excluding hydrogens is 1060 g/mol. The van der Waals surface area contributed by atoms with Crippen molar-refractivity contribution in [3.8, 4) is 11.8 Å². The van der Waals surface area contributed by atoms with Crippen LogP contribution >= 0.6 is 0 Å². The van der Waals surface area contributed by atoms with E-state index in [1.165, 1.54) is 75.2 Å². The highest BCUT2D eigenvalue weighted by atomic mass is 16.5. The van der Waals surface area contributed by atoms with E-state index in [9.17, 15) is 20.1 Å². The Morgan fingerprint density at radius 1 is 0.733 bits per heavy atom. The molecule has 7 nitrogen and oxygen atoms in total. The van der Waals surface area contributed by atoms with Crippen LogP contribution in [-0.2, 0) is 30.9 Å². The number of carbonyl (C=O) groups is 2. The van der Waals surface area contributed by atoms with Crippen LogP contribution in [-0.4, -0.2) is 57.8 Å². The molecule has 0 amide bonds. The number of fused-ring (bicyclic) bond motifs is 8. The van der Waals surface area contributed by atoms with Crippen molar-refractivity contribution < 1.29 is 34.4 Å². The largest absolute Gasteiger partial charge is 0.462 e. The molecule has 7 fully saturated rings. The third-order valence-corrected chi connectivity index (χ3v) is 28.0. The van der Waals surface area contributed by atoms with Crippen LogP contribution in [0.1, 0.15) is 246 Å². The van der Waals surface area contributed by atoms with E-state index in [2.05, 4.69) is 124 Å². The number of benzene rings is 4. The second-order valence-electron chi connectivity index (χ2n) is 31.7. The normalized spacial score (nSPS) is 39.4. The molecule has 3 N–H and O–H groups in total. The second-order valence-corrected chi connectivity index (χ2v) is 31.7. The van der Waals surface area contributed by atoms with Gasteiger partial charge in [-0.1, -0.05) is 162 Å². The number of aliphatic hydroxyl groups is 3. The average molecular weight is 1160 g/mol. The van der Waals surface area contributed by atoms with Crippen molar-refractivity contribution in [3.05, 3.63) is 130 Å². The molecule has 7 saturated carbocycles. The average Bonchev–Trinajstić information content (AvgIpc) is 1.19. The van der Waals surface area contributed by atoms with Crippen molar-refractivity contribution in [1.29, 1.82) is 0 Å². The van der Waals surface area contributed by atoms with Gasteiger partial charge in [-0.3, -0.25) is 4.79 Å². The molecule has 0 aromatic heterocycles. The van der Waals surface area contributed by atoms with Gasteiger partial charge in [-0.25, -0.2) is 4.79 Å². The summed E-state index contributed by atoms with van der Waals surface area (Å²) < 4.78 is 13.0. The number of hydrogen-bond acceptors (Lipinski definition) is 7. The monoisotopic (exact) mass is 1160 g/mol. The minimum atomic E-state index is -1.75. The molecule has 4 aromatic carbocycles. The summed E-state index contributed by atoms with van der Waals surface area (Å²) in [7, 11) is 0.